The summed E-state index contributed by atoms with van der Waals surface area (Å²) in [6, 6.07) is 7.71. The van der Waals surface area contributed by atoms with E-state index in [1.165, 1.54) is 5.56 Å². The van der Waals surface area contributed by atoms with Crippen LogP contribution in [0.5, 0.6) is 0 Å². The summed E-state index contributed by atoms with van der Waals surface area (Å²) >= 11 is 0. The molecule has 1 aromatic rings. The zero-order valence-corrected chi connectivity index (χ0v) is 11.1. The Morgan fingerprint density at radius 3 is 2.61 bits per heavy atom. The third-order valence-corrected chi connectivity index (χ3v) is 2.74. The summed E-state index contributed by atoms with van der Waals surface area (Å²) < 4.78 is 0. The number of rotatable bonds is 7. The molecule has 0 aliphatic carbocycles. The molecule has 0 saturated heterocycles. The maximum Gasteiger partial charge on any atom is 0.238 e. The lowest BCUT2D eigenvalue weighted by Crippen LogP contribution is -2.31. The van der Waals surface area contributed by atoms with E-state index in [9.17, 15) is 4.79 Å². The van der Waals surface area contributed by atoms with Gasteiger partial charge in [-0.25, -0.2) is 0 Å². The van der Waals surface area contributed by atoms with E-state index in [1.807, 2.05) is 38.1 Å². The number of aliphatic hydroxyl groups excluding tert-OH is 1. The molecule has 1 amide bonds. The van der Waals surface area contributed by atoms with E-state index < -0.39 is 0 Å². The number of carbonyl (C=O) groups is 1. The van der Waals surface area contributed by atoms with Crippen LogP contribution >= 0.6 is 0 Å². The first kappa shape index (κ1) is 14.7. The van der Waals surface area contributed by atoms with Crippen LogP contribution in [0.15, 0.2) is 24.3 Å². The molecule has 0 aliphatic rings. The van der Waals surface area contributed by atoms with Crippen LogP contribution in [-0.2, 0) is 4.79 Å². The summed E-state index contributed by atoms with van der Waals surface area (Å²) in [4.78, 5) is 11.6. The summed E-state index contributed by atoms with van der Waals surface area (Å²) in [5.74, 6) is 0.331. The van der Waals surface area contributed by atoms with Crippen molar-refractivity contribution in [3.63, 3.8) is 0 Å². The number of anilines is 1. The van der Waals surface area contributed by atoms with Crippen LogP contribution in [0, 0.1) is 12.8 Å². The van der Waals surface area contributed by atoms with Crippen molar-refractivity contribution in [1.82, 2.24) is 5.32 Å². The highest BCUT2D eigenvalue weighted by Crippen LogP contribution is 2.07. The smallest absolute Gasteiger partial charge is 0.238 e. The van der Waals surface area contributed by atoms with Gasteiger partial charge in [-0.15, -0.1) is 0 Å². The van der Waals surface area contributed by atoms with Gasteiger partial charge in [0, 0.05) is 12.3 Å². The summed E-state index contributed by atoms with van der Waals surface area (Å²) in [6.07, 6.45) is 0.757. The molecule has 0 fully saturated rings. The van der Waals surface area contributed by atoms with Crippen LogP contribution in [0.1, 0.15) is 18.9 Å². The minimum absolute atomic E-state index is 0.0462. The molecule has 0 aliphatic heterocycles. The Morgan fingerprint density at radius 1 is 1.33 bits per heavy atom. The van der Waals surface area contributed by atoms with Crippen molar-refractivity contribution in [3.8, 4) is 0 Å². The maximum absolute atomic E-state index is 11.6. The Labute approximate surface area is 108 Å². The van der Waals surface area contributed by atoms with Gasteiger partial charge in [0.15, 0.2) is 0 Å². The van der Waals surface area contributed by atoms with E-state index in [0.29, 0.717) is 12.5 Å². The second-order valence-electron chi connectivity index (χ2n) is 4.66. The highest BCUT2D eigenvalue weighted by atomic mass is 16.3. The molecular weight excluding hydrogens is 228 g/mol. The van der Waals surface area contributed by atoms with Gasteiger partial charge in [0.25, 0.3) is 0 Å². The number of aryl methyl sites for hydroxylation is 1. The predicted molar refractivity (Wildman–Crippen MR) is 73.5 cm³/mol. The zero-order chi connectivity index (χ0) is 13.4. The number of amides is 1. The number of benzene rings is 1. The van der Waals surface area contributed by atoms with Gasteiger partial charge < -0.3 is 15.7 Å². The van der Waals surface area contributed by atoms with Crippen molar-refractivity contribution < 1.29 is 9.90 Å². The normalized spacial score (nSPS) is 12.2. The van der Waals surface area contributed by atoms with Crippen molar-refractivity contribution >= 4 is 11.6 Å². The van der Waals surface area contributed by atoms with Crippen molar-refractivity contribution in [3.05, 3.63) is 29.8 Å². The minimum Gasteiger partial charge on any atom is -0.396 e. The third-order valence-electron chi connectivity index (χ3n) is 2.74. The summed E-state index contributed by atoms with van der Waals surface area (Å²) in [5.41, 5.74) is 1.99. The summed E-state index contributed by atoms with van der Waals surface area (Å²) in [6.45, 7) is 5.28. The molecule has 0 saturated carbocycles. The fraction of sp³-hybridized carbons (Fsp3) is 0.500. The van der Waals surface area contributed by atoms with Crippen LogP contribution in [-0.4, -0.2) is 30.7 Å². The second-order valence-corrected chi connectivity index (χ2v) is 4.66. The number of nitrogens with one attached hydrogen (secondary N) is 2. The molecule has 1 atom stereocenters. The minimum atomic E-state index is -0.0462. The van der Waals surface area contributed by atoms with Gasteiger partial charge >= 0.3 is 0 Å². The van der Waals surface area contributed by atoms with E-state index in [0.717, 1.165) is 18.7 Å². The van der Waals surface area contributed by atoms with Crippen LogP contribution in [0.2, 0.25) is 0 Å². The van der Waals surface area contributed by atoms with Gasteiger partial charge in [0.05, 0.1) is 6.54 Å². The van der Waals surface area contributed by atoms with E-state index in [1.54, 1.807) is 0 Å². The molecule has 1 rings (SSSR count). The van der Waals surface area contributed by atoms with Gasteiger partial charge in [-0.3, -0.25) is 4.79 Å². The molecule has 3 N–H and O–H groups in total. The molecule has 0 heterocycles. The van der Waals surface area contributed by atoms with Crippen molar-refractivity contribution in [2.75, 3.05) is 25.0 Å². The lowest BCUT2D eigenvalue weighted by Gasteiger charge is -2.11. The highest BCUT2D eigenvalue weighted by molar-refractivity contribution is 5.92. The van der Waals surface area contributed by atoms with Crippen LogP contribution < -0.4 is 10.6 Å². The Morgan fingerprint density at radius 2 is 2.00 bits per heavy atom. The number of aliphatic hydroxyl groups is 1. The Bertz CT molecular complexity index is 363. The van der Waals surface area contributed by atoms with Crippen molar-refractivity contribution in [2.45, 2.75) is 20.3 Å². The number of hydrogen-bond donors (Lipinski definition) is 3. The third kappa shape index (κ3) is 5.80. The molecule has 0 spiro atoms. The van der Waals surface area contributed by atoms with E-state index >= 15 is 0 Å². The standard InChI is InChI=1S/C14H22N2O2/c1-11-3-5-13(6-4-11)16-14(18)10-15-9-12(2)7-8-17/h3-6,12,15,17H,7-10H2,1-2H3,(H,16,18). The Kier molecular flexibility index (Phi) is 6.39. The average Bonchev–Trinajstić information content (AvgIpc) is 2.32. The second kappa shape index (κ2) is 7.84. The molecule has 18 heavy (non-hydrogen) atoms. The largest absolute Gasteiger partial charge is 0.396 e. The van der Waals surface area contributed by atoms with E-state index in [-0.39, 0.29) is 12.5 Å². The van der Waals surface area contributed by atoms with Crippen LogP contribution in [0.25, 0.3) is 0 Å². The van der Waals surface area contributed by atoms with Gasteiger partial charge in [0.1, 0.15) is 0 Å². The zero-order valence-electron chi connectivity index (χ0n) is 11.1. The molecular formula is C14H22N2O2. The molecule has 1 unspecified atom stereocenters. The van der Waals surface area contributed by atoms with Crippen LogP contribution in [0.3, 0.4) is 0 Å². The van der Waals surface area contributed by atoms with E-state index in [2.05, 4.69) is 10.6 Å². The van der Waals surface area contributed by atoms with Crippen LogP contribution in [0.4, 0.5) is 5.69 Å². The lowest BCUT2D eigenvalue weighted by molar-refractivity contribution is -0.115. The average molecular weight is 250 g/mol. The fourth-order valence-corrected chi connectivity index (χ4v) is 1.60. The Balaban J connectivity index is 2.23. The van der Waals surface area contributed by atoms with Crippen molar-refractivity contribution in [1.29, 1.82) is 0 Å². The van der Waals surface area contributed by atoms with E-state index in [4.69, 9.17) is 5.11 Å². The van der Waals surface area contributed by atoms with Gasteiger partial charge in [-0.1, -0.05) is 24.6 Å². The first-order valence-corrected chi connectivity index (χ1v) is 6.30. The summed E-state index contributed by atoms with van der Waals surface area (Å²) in [5, 5.41) is 14.7. The molecule has 4 nitrogen and oxygen atoms in total. The van der Waals surface area contributed by atoms with Gasteiger partial charge in [-0.2, -0.15) is 0 Å². The lowest BCUT2D eigenvalue weighted by atomic mass is 10.1. The quantitative estimate of drug-likeness (QED) is 0.688. The topological polar surface area (TPSA) is 61.4 Å². The fourth-order valence-electron chi connectivity index (χ4n) is 1.60. The molecule has 0 aromatic heterocycles. The van der Waals surface area contributed by atoms with Gasteiger partial charge in [0.2, 0.25) is 5.91 Å². The monoisotopic (exact) mass is 250 g/mol. The Hall–Kier alpha value is -1.39. The highest BCUT2D eigenvalue weighted by Gasteiger charge is 2.04. The van der Waals surface area contributed by atoms with Crippen molar-refractivity contribution in [2.24, 2.45) is 5.92 Å². The number of hydrogen-bond acceptors (Lipinski definition) is 3. The first-order chi connectivity index (χ1) is 8.61. The first-order valence-electron chi connectivity index (χ1n) is 6.30. The summed E-state index contributed by atoms with van der Waals surface area (Å²) in [7, 11) is 0. The molecule has 4 heteroatoms. The SMILES string of the molecule is Cc1ccc(NC(=O)CNCC(C)CCO)cc1. The maximum atomic E-state index is 11.6. The molecule has 1 aromatic carbocycles. The van der Waals surface area contributed by atoms with Gasteiger partial charge in [-0.05, 0) is 37.9 Å². The molecule has 0 bridgehead atoms. The molecule has 100 valence electrons. The molecule has 0 radical (unpaired) electrons. The predicted octanol–water partition coefficient (Wildman–Crippen LogP) is 1.54. The number of carbonyl (C=O) groups excluding carboxylic acids is 1.